The molecule has 0 atom stereocenters. The minimum Gasteiger partial charge on any atom is -0.202 e. The molecule has 0 N–H and O–H groups in total. The van der Waals surface area contributed by atoms with Gasteiger partial charge >= 0.3 is 24.7 Å². The maximum atomic E-state index is 14.9. The molecule has 0 unspecified atom stereocenters. The molecule has 3 aromatic rings. The van der Waals surface area contributed by atoms with Gasteiger partial charge in [-0.1, -0.05) is 0 Å². The predicted octanol–water partition coefficient (Wildman–Crippen LogP) is 4.74. The molecule has 0 aliphatic carbocycles. The lowest BCUT2D eigenvalue weighted by Gasteiger charge is -2.14. The zero-order chi connectivity index (χ0) is 26.9. The van der Waals surface area contributed by atoms with Crippen LogP contribution in [-0.4, -0.2) is 34.5 Å². The molecule has 7 nitrogen and oxygen atoms in total. The second-order valence-electron chi connectivity index (χ2n) is 6.04. The Bertz CT molecular complexity index is 1270. The third-order valence-electron chi connectivity index (χ3n) is 3.64. The molecule has 0 aromatic carbocycles. The van der Waals surface area contributed by atoms with Crippen LogP contribution in [0.25, 0.3) is 11.5 Å². The molecule has 0 aliphatic heterocycles. The fraction of sp³-hybridized carbons (Fsp3) is 0.308. The number of aromatic nitrogens is 7. The van der Waals surface area contributed by atoms with Gasteiger partial charge in [0.1, 0.15) is 5.69 Å². The average Bonchev–Trinajstić information content (AvgIpc) is 3.29. The fourth-order valence-electron chi connectivity index (χ4n) is 2.35. The zero-order valence-electron chi connectivity index (χ0n) is 15.3. The lowest BCUT2D eigenvalue weighted by Crippen LogP contribution is -2.21. The van der Waals surface area contributed by atoms with Gasteiger partial charge in [0.25, 0.3) is 17.6 Å². The quantitative estimate of drug-likeness (QED) is 0.348. The van der Waals surface area contributed by atoms with Gasteiger partial charge < -0.3 is 0 Å². The molecule has 0 saturated heterocycles. The maximum Gasteiger partial charge on any atom is 0.453 e. The van der Waals surface area contributed by atoms with Gasteiger partial charge in [-0.3, -0.25) is 0 Å². The van der Waals surface area contributed by atoms with Gasteiger partial charge in [0.15, 0.2) is 11.6 Å². The van der Waals surface area contributed by atoms with Gasteiger partial charge in [-0.25, -0.2) is 9.07 Å². The number of rotatable bonds is 2. The molecule has 0 fully saturated rings. The van der Waals surface area contributed by atoms with E-state index in [0.717, 1.165) is 0 Å². The molecule has 3 heterocycles. The standard InChI is InChI=1S/C13F15N7/c14-1-3(34-8(12(23,24)25)30-6(32-34)10(17,18)19)2(15)5(29-4(1)16)35-9(13(26,27)28)31-7(33-35)11(20,21)22. The minimum atomic E-state index is -5.97. The molecule has 0 saturated carbocycles. The first-order valence-electron chi connectivity index (χ1n) is 7.92. The van der Waals surface area contributed by atoms with Gasteiger partial charge in [-0.15, -0.1) is 10.2 Å². The van der Waals surface area contributed by atoms with Crippen LogP contribution in [0.3, 0.4) is 0 Å². The monoisotopic (exact) mass is 539 g/mol. The molecule has 0 spiro atoms. The summed E-state index contributed by atoms with van der Waals surface area (Å²) < 4.78 is 196. The first-order chi connectivity index (χ1) is 15.6. The van der Waals surface area contributed by atoms with Crippen LogP contribution in [0.4, 0.5) is 65.9 Å². The Morgan fingerprint density at radius 3 is 1.29 bits per heavy atom. The van der Waals surface area contributed by atoms with Gasteiger partial charge in [0, 0.05) is 0 Å². The van der Waals surface area contributed by atoms with E-state index in [1.54, 1.807) is 0 Å². The smallest absolute Gasteiger partial charge is 0.202 e. The molecule has 0 radical (unpaired) electrons. The molecule has 0 bridgehead atoms. The van der Waals surface area contributed by atoms with E-state index >= 15 is 0 Å². The third-order valence-corrected chi connectivity index (χ3v) is 3.64. The summed E-state index contributed by atoms with van der Waals surface area (Å²) in [4.78, 5) is 6.29. The third kappa shape index (κ3) is 4.67. The first-order valence-corrected chi connectivity index (χ1v) is 7.92. The summed E-state index contributed by atoms with van der Waals surface area (Å²) in [6.45, 7) is 0. The van der Waals surface area contributed by atoms with Crippen molar-refractivity contribution >= 4 is 0 Å². The minimum absolute atomic E-state index is 1.18. The Kier molecular flexibility index (Phi) is 5.71. The van der Waals surface area contributed by atoms with Crippen molar-refractivity contribution in [2.24, 2.45) is 0 Å². The average molecular weight is 539 g/mol. The van der Waals surface area contributed by atoms with Crippen LogP contribution in [-0.2, 0) is 24.7 Å². The summed E-state index contributed by atoms with van der Waals surface area (Å²) in [5.74, 6) is -21.6. The molecule has 3 rings (SSSR count). The van der Waals surface area contributed by atoms with Crippen molar-refractivity contribution in [2.75, 3.05) is 0 Å². The van der Waals surface area contributed by atoms with E-state index in [1.807, 2.05) is 9.97 Å². The zero-order valence-corrected chi connectivity index (χ0v) is 15.3. The second kappa shape index (κ2) is 7.69. The molecule has 35 heavy (non-hydrogen) atoms. The molecule has 22 heteroatoms. The summed E-state index contributed by atoms with van der Waals surface area (Å²) in [5.41, 5.74) is -2.56. The Balaban J connectivity index is 2.43. The predicted molar refractivity (Wildman–Crippen MR) is 74.0 cm³/mol. The van der Waals surface area contributed by atoms with Crippen LogP contribution in [0.15, 0.2) is 0 Å². The second-order valence-corrected chi connectivity index (χ2v) is 6.04. The van der Waals surface area contributed by atoms with Crippen LogP contribution < -0.4 is 0 Å². The number of hydrogen-bond acceptors (Lipinski definition) is 5. The van der Waals surface area contributed by atoms with E-state index in [4.69, 9.17) is 0 Å². The van der Waals surface area contributed by atoms with Crippen molar-refractivity contribution in [3.63, 3.8) is 0 Å². The topological polar surface area (TPSA) is 74.3 Å². The summed E-state index contributed by atoms with van der Waals surface area (Å²) >= 11 is 0. The Morgan fingerprint density at radius 2 is 0.886 bits per heavy atom. The highest BCUT2D eigenvalue weighted by molar-refractivity contribution is 5.43. The van der Waals surface area contributed by atoms with Gasteiger partial charge in [-0.05, 0) is 0 Å². The van der Waals surface area contributed by atoms with E-state index in [-0.39, 0.29) is 0 Å². The van der Waals surface area contributed by atoms with Gasteiger partial charge in [0.05, 0.1) is 0 Å². The largest absolute Gasteiger partial charge is 0.453 e. The number of nitrogens with zero attached hydrogens (tertiary/aromatic N) is 7. The van der Waals surface area contributed by atoms with Crippen molar-refractivity contribution in [1.29, 1.82) is 0 Å². The molecule has 3 aromatic heterocycles. The molecule has 0 amide bonds. The van der Waals surface area contributed by atoms with E-state index in [2.05, 4.69) is 15.2 Å². The Morgan fingerprint density at radius 1 is 0.486 bits per heavy atom. The number of halogens is 15. The SMILES string of the molecule is Fc1nc(-n2nc(C(F)(F)F)nc2C(F)(F)F)c(F)c(-n2nc(C(F)(F)F)nc2C(F)(F)F)c1F. The molecule has 192 valence electrons. The number of hydrogen-bond donors (Lipinski definition) is 0. The molecular weight excluding hydrogens is 539 g/mol. The van der Waals surface area contributed by atoms with Gasteiger partial charge in [-0.2, -0.15) is 81.1 Å². The molecular formula is C13F15N7. The van der Waals surface area contributed by atoms with E-state index in [0.29, 0.717) is 0 Å². The van der Waals surface area contributed by atoms with Crippen LogP contribution in [0, 0.1) is 17.6 Å². The van der Waals surface area contributed by atoms with Crippen LogP contribution >= 0.6 is 0 Å². The van der Waals surface area contributed by atoms with Crippen molar-refractivity contribution in [2.45, 2.75) is 24.7 Å². The highest BCUT2D eigenvalue weighted by Gasteiger charge is 2.48. The van der Waals surface area contributed by atoms with E-state index in [9.17, 15) is 65.9 Å². The summed E-state index contributed by atoms with van der Waals surface area (Å²) in [6.07, 6.45) is -23.4. The maximum absolute atomic E-state index is 14.9. The lowest BCUT2D eigenvalue weighted by atomic mass is 10.3. The first kappa shape index (κ1) is 26.0. The highest BCUT2D eigenvalue weighted by Crippen LogP contribution is 2.37. The van der Waals surface area contributed by atoms with Crippen LogP contribution in [0.2, 0.25) is 0 Å². The molecule has 0 aliphatic rings. The van der Waals surface area contributed by atoms with E-state index < -0.39 is 86.5 Å². The van der Waals surface area contributed by atoms with Crippen LogP contribution in [0.5, 0.6) is 0 Å². The van der Waals surface area contributed by atoms with Crippen LogP contribution in [0.1, 0.15) is 23.3 Å². The van der Waals surface area contributed by atoms with Crippen molar-refractivity contribution < 1.29 is 65.9 Å². The number of alkyl halides is 12. The highest BCUT2D eigenvalue weighted by atomic mass is 19.4. The summed E-state index contributed by atoms with van der Waals surface area (Å²) in [5, 5.41) is 4.39. The Hall–Kier alpha value is -3.62. The normalized spacial score (nSPS) is 13.6. The van der Waals surface area contributed by atoms with Crippen molar-refractivity contribution in [1.82, 2.24) is 34.5 Å². The summed E-state index contributed by atoms with van der Waals surface area (Å²) in [6, 6.07) is 0. The number of pyridine rings is 1. The van der Waals surface area contributed by atoms with Crippen molar-refractivity contribution in [3.05, 3.63) is 40.9 Å². The fourth-order valence-corrected chi connectivity index (χ4v) is 2.35. The van der Waals surface area contributed by atoms with E-state index in [1.165, 1.54) is 0 Å². The Labute approximate surface area is 178 Å². The van der Waals surface area contributed by atoms with Crippen molar-refractivity contribution in [3.8, 4) is 11.5 Å². The van der Waals surface area contributed by atoms with Gasteiger partial charge in [0.2, 0.25) is 17.5 Å². The summed E-state index contributed by atoms with van der Waals surface area (Å²) in [7, 11) is 0. The lowest BCUT2D eigenvalue weighted by molar-refractivity contribution is -0.151.